The van der Waals surface area contributed by atoms with E-state index in [0.717, 1.165) is 6.07 Å². The molecule has 14 heavy (non-hydrogen) atoms. The summed E-state index contributed by atoms with van der Waals surface area (Å²) < 4.78 is 0.297. The highest BCUT2D eigenvalue weighted by molar-refractivity contribution is 9.10. The van der Waals surface area contributed by atoms with Crippen molar-refractivity contribution in [2.75, 3.05) is 0 Å². The normalized spacial score (nSPS) is 9.86. The summed E-state index contributed by atoms with van der Waals surface area (Å²) in [4.78, 5) is 20.3. The van der Waals surface area contributed by atoms with Crippen LogP contribution < -0.4 is 0 Å². The maximum atomic E-state index is 10.6. The predicted octanol–water partition coefficient (Wildman–Crippen LogP) is 2.71. The van der Waals surface area contributed by atoms with E-state index >= 15 is 0 Å². The number of aromatic carboxylic acids is 1. The monoisotopic (exact) mass is 279 g/mol. The van der Waals surface area contributed by atoms with Gasteiger partial charge in [0.05, 0.1) is 10.5 Å². The molecule has 1 aromatic carbocycles. The number of rotatable bonds is 2. The number of benzene rings is 1. The molecule has 0 aromatic heterocycles. The maximum Gasteiger partial charge on any atom is 0.337 e. The molecule has 74 valence electrons. The number of nitro benzene ring substituents is 1. The summed E-state index contributed by atoms with van der Waals surface area (Å²) in [5.41, 5.74) is -0.730. The van der Waals surface area contributed by atoms with Gasteiger partial charge in [0.15, 0.2) is 0 Å². The van der Waals surface area contributed by atoms with Crippen molar-refractivity contribution in [2.24, 2.45) is 0 Å². The number of halogens is 2. The van der Waals surface area contributed by atoms with Crippen LogP contribution in [-0.4, -0.2) is 16.0 Å². The van der Waals surface area contributed by atoms with E-state index in [1.807, 2.05) is 0 Å². The van der Waals surface area contributed by atoms with Gasteiger partial charge in [0.2, 0.25) is 0 Å². The average Bonchev–Trinajstić information content (AvgIpc) is 2.07. The zero-order chi connectivity index (χ0) is 10.9. The third kappa shape index (κ3) is 2.02. The molecule has 0 aliphatic carbocycles. The largest absolute Gasteiger partial charge is 0.478 e. The second-order valence-electron chi connectivity index (χ2n) is 2.35. The van der Waals surface area contributed by atoms with E-state index in [-0.39, 0.29) is 10.6 Å². The van der Waals surface area contributed by atoms with E-state index in [2.05, 4.69) is 15.9 Å². The van der Waals surface area contributed by atoms with Crippen LogP contribution in [0.25, 0.3) is 0 Å². The van der Waals surface area contributed by atoms with Crippen LogP contribution >= 0.6 is 27.5 Å². The van der Waals surface area contributed by atoms with Gasteiger partial charge in [0, 0.05) is 10.5 Å². The molecular weight excluding hydrogens is 277 g/mol. The molecule has 0 fully saturated rings. The number of hydrogen-bond acceptors (Lipinski definition) is 3. The minimum absolute atomic E-state index is 0.297. The molecular formula is C7H3BrClNO4. The first-order valence-corrected chi connectivity index (χ1v) is 4.47. The van der Waals surface area contributed by atoms with E-state index in [9.17, 15) is 14.9 Å². The zero-order valence-corrected chi connectivity index (χ0v) is 8.87. The second-order valence-corrected chi connectivity index (χ2v) is 3.64. The molecule has 1 rings (SSSR count). The molecule has 0 radical (unpaired) electrons. The molecule has 0 saturated carbocycles. The molecule has 0 bridgehead atoms. The van der Waals surface area contributed by atoms with Crippen LogP contribution in [-0.2, 0) is 0 Å². The smallest absolute Gasteiger partial charge is 0.337 e. The number of hydrogen-bond donors (Lipinski definition) is 1. The topological polar surface area (TPSA) is 80.4 Å². The van der Waals surface area contributed by atoms with Crippen molar-refractivity contribution in [1.29, 1.82) is 0 Å². The van der Waals surface area contributed by atoms with Crippen molar-refractivity contribution in [3.8, 4) is 0 Å². The summed E-state index contributed by atoms with van der Waals surface area (Å²) in [5, 5.41) is 18.8. The van der Waals surface area contributed by atoms with E-state index < -0.39 is 16.6 Å². The van der Waals surface area contributed by atoms with Crippen molar-refractivity contribution in [3.63, 3.8) is 0 Å². The molecule has 0 saturated heterocycles. The van der Waals surface area contributed by atoms with E-state index in [1.165, 1.54) is 6.07 Å². The molecule has 7 heteroatoms. The van der Waals surface area contributed by atoms with Crippen LogP contribution in [0.15, 0.2) is 16.6 Å². The molecule has 5 nitrogen and oxygen atoms in total. The van der Waals surface area contributed by atoms with Gasteiger partial charge in [-0.2, -0.15) is 0 Å². The summed E-state index contributed by atoms with van der Waals surface area (Å²) >= 11 is 8.48. The van der Waals surface area contributed by atoms with Crippen LogP contribution in [0, 0.1) is 10.1 Å². The van der Waals surface area contributed by atoms with Gasteiger partial charge in [-0.05, 0) is 6.07 Å². The van der Waals surface area contributed by atoms with Crippen LogP contribution in [0.1, 0.15) is 10.4 Å². The fourth-order valence-corrected chi connectivity index (χ4v) is 1.57. The highest BCUT2D eigenvalue weighted by Crippen LogP contribution is 2.31. The quantitative estimate of drug-likeness (QED) is 0.667. The average molecular weight is 280 g/mol. The maximum absolute atomic E-state index is 10.6. The summed E-state index contributed by atoms with van der Waals surface area (Å²) in [6.45, 7) is 0. The van der Waals surface area contributed by atoms with Crippen molar-refractivity contribution in [2.45, 2.75) is 0 Å². The van der Waals surface area contributed by atoms with E-state index in [4.69, 9.17) is 16.7 Å². The minimum Gasteiger partial charge on any atom is -0.478 e. The summed E-state index contributed by atoms with van der Waals surface area (Å²) in [5.74, 6) is -1.31. The van der Waals surface area contributed by atoms with Gasteiger partial charge < -0.3 is 5.11 Å². The lowest BCUT2D eigenvalue weighted by molar-refractivity contribution is -0.384. The van der Waals surface area contributed by atoms with Crippen molar-refractivity contribution >= 4 is 39.2 Å². The lowest BCUT2D eigenvalue weighted by atomic mass is 10.2. The van der Waals surface area contributed by atoms with Gasteiger partial charge in [0.1, 0.15) is 5.02 Å². The molecule has 0 unspecified atom stereocenters. The third-order valence-electron chi connectivity index (χ3n) is 1.45. The van der Waals surface area contributed by atoms with Gasteiger partial charge in [0.25, 0.3) is 5.69 Å². The Kier molecular flexibility index (Phi) is 3.07. The van der Waals surface area contributed by atoms with Crippen LogP contribution in [0.5, 0.6) is 0 Å². The Morgan fingerprint density at radius 3 is 2.57 bits per heavy atom. The molecule has 1 N–H and O–H groups in total. The lowest BCUT2D eigenvalue weighted by Crippen LogP contribution is -2.00. The zero-order valence-electron chi connectivity index (χ0n) is 6.53. The van der Waals surface area contributed by atoms with Gasteiger partial charge in [-0.3, -0.25) is 10.1 Å². The standard InChI is InChI=1S/C7H3BrClNO4/c8-3-1-4(7(11)12)6(9)5(2-3)10(13)14/h1-2H,(H,11,12). The number of nitro groups is 1. The SMILES string of the molecule is O=C(O)c1cc(Br)cc([N+](=O)[O-])c1Cl. The summed E-state index contributed by atoms with van der Waals surface area (Å²) in [7, 11) is 0. The first-order chi connectivity index (χ1) is 6.43. The number of carboxylic acid groups (broad SMARTS) is 1. The van der Waals surface area contributed by atoms with Gasteiger partial charge >= 0.3 is 5.97 Å². The first kappa shape index (κ1) is 10.9. The molecule has 1 aromatic rings. The number of nitrogens with zero attached hydrogens (tertiary/aromatic N) is 1. The Morgan fingerprint density at radius 2 is 2.14 bits per heavy atom. The minimum atomic E-state index is -1.31. The highest BCUT2D eigenvalue weighted by atomic mass is 79.9. The van der Waals surface area contributed by atoms with E-state index in [0.29, 0.717) is 4.47 Å². The molecule has 0 spiro atoms. The Morgan fingerprint density at radius 1 is 1.57 bits per heavy atom. The van der Waals surface area contributed by atoms with Gasteiger partial charge in [-0.25, -0.2) is 4.79 Å². The Labute approximate surface area is 91.6 Å². The molecule has 0 aliphatic heterocycles. The Bertz CT molecular complexity index is 385. The van der Waals surface area contributed by atoms with Crippen molar-refractivity contribution in [3.05, 3.63) is 37.3 Å². The van der Waals surface area contributed by atoms with Crippen LogP contribution in [0.2, 0.25) is 5.02 Å². The summed E-state index contributed by atoms with van der Waals surface area (Å²) in [6, 6.07) is 2.35. The van der Waals surface area contributed by atoms with E-state index in [1.54, 1.807) is 0 Å². The lowest BCUT2D eigenvalue weighted by Gasteiger charge is -2.00. The molecule has 0 heterocycles. The van der Waals surface area contributed by atoms with Crippen molar-refractivity contribution < 1.29 is 14.8 Å². The van der Waals surface area contributed by atoms with Crippen molar-refractivity contribution in [1.82, 2.24) is 0 Å². The highest BCUT2D eigenvalue weighted by Gasteiger charge is 2.20. The van der Waals surface area contributed by atoms with Crippen LogP contribution in [0.3, 0.4) is 0 Å². The Hall–Kier alpha value is -1.14. The fraction of sp³-hybridized carbons (Fsp3) is 0. The predicted molar refractivity (Wildman–Crippen MR) is 52.8 cm³/mol. The van der Waals surface area contributed by atoms with Crippen LogP contribution in [0.4, 0.5) is 5.69 Å². The molecule has 0 atom stereocenters. The summed E-state index contributed by atoms with van der Waals surface area (Å²) in [6.07, 6.45) is 0. The Balaban J connectivity index is 3.47. The van der Waals surface area contributed by atoms with Gasteiger partial charge in [-0.15, -0.1) is 0 Å². The number of carbonyl (C=O) groups is 1. The number of carboxylic acids is 1. The fourth-order valence-electron chi connectivity index (χ4n) is 0.863. The molecule has 0 amide bonds. The first-order valence-electron chi connectivity index (χ1n) is 3.30. The second kappa shape index (κ2) is 3.93. The third-order valence-corrected chi connectivity index (χ3v) is 2.30. The molecule has 0 aliphatic rings. The van der Waals surface area contributed by atoms with Gasteiger partial charge in [-0.1, -0.05) is 27.5 Å².